The first-order chi connectivity index (χ1) is 9.86. The Labute approximate surface area is 123 Å². The molecule has 1 aromatic heterocycles. The van der Waals surface area contributed by atoms with Crippen molar-refractivity contribution in [2.45, 2.75) is 6.18 Å². The molecule has 0 aliphatic carbocycles. The SMILES string of the molecule is NC(=S)NN=Cc1ccc(-c2ccc(C(F)(F)F)cc2)o1. The maximum absolute atomic E-state index is 12.5. The van der Waals surface area contributed by atoms with Crippen LogP contribution in [0.25, 0.3) is 11.3 Å². The summed E-state index contributed by atoms with van der Waals surface area (Å²) in [6, 6.07) is 7.94. The van der Waals surface area contributed by atoms with Crippen LogP contribution in [-0.2, 0) is 6.18 Å². The minimum atomic E-state index is -4.36. The first kappa shape index (κ1) is 15.0. The van der Waals surface area contributed by atoms with Crippen molar-refractivity contribution >= 4 is 23.5 Å². The number of furan rings is 1. The summed E-state index contributed by atoms with van der Waals surface area (Å²) >= 11 is 4.57. The third-order valence-electron chi connectivity index (χ3n) is 2.49. The smallest absolute Gasteiger partial charge is 0.416 e. The zero-order valence-electron chi connectivity index (χ0n) is 10.5. The number of hydrazone groups is 1. The molecular formula is C13H10F3N3OS. The summed E-state index contributed by atoms with van der Waals surface area (Å²) in [6.07, 6.45) is -3.00. The lowest BCUT2D eigenvalue weighted by molar-refractivity contribution is -0.137. The Morgan fingerprint density at radius 2 is 1.86 bits per heavy atom. The molecule has 0 saturated carbocycles. The highest BCUT2D eigenvalue weighted by Gasteiger charge is 2.30. The van der Waals surface area contributed by atoms with Gasteiger partial charge in [-0.3, -0.25) is 5.43 Å². The zero-order chi connectivity index (χ0) is 15.5. The molecule has 4 nitrogen and oxygen atoms in total. The molecule has 0 spiro atoms. The van der Waals surface area contributed by atoms with Crippen molar-refractivity contribution in [1.29, 1.82) is 0 Å². The molecule has 2 aromatic rings. The van der Waals surface area contributed by atoms with Crippen molar-refractivity contribution < 1.29 is 17.6 Å². The van der Waals surface area contributed by atoms with Crippen molar-refractivity contribution in [2.75, 3.05) is 0 Å². The van der Waals surface area contributed by atoms with Gasteiger partial charge in [0.25, 0.3) is 0 Å². The normalized spacial score (nSPS) is 11.8. The molecule has 21 heavy (non-hydrogen) atoms. The molecule has 1 heterocycles. The summed E-state index contributed by atoms with van der Waals surface area (Å²) in [7, 11) is 0. The van der Waals surface area contributed by atoms with E-state index in [9.17, 15) is 13.2 Å². The summed E-state index contributed by atoms with van der Waals surface area (Å²) < 4.78 is 42.8. The van der Waals surface area contributed by atoms with Gasteiger partial charge in [0, 0.05) is 5.56 Å². The van der Waals surface area contributed by atoms with E-state index in [4.69, 9.17) is 10.2 Å². The van der Waals surface area contributed by atoms with Gasteiger partial charge in [0.05, 0.1) is 11.8 Å². The molecule has 0 aliphatic rings. The first-order valence-electron chi connectivity index (χ1n) is 5.72. The number of rotatable bonds is 3. The summed E-state index contributed by atoms with van der Waals surface area (Å²) in [5, 5.41) is 3.73. The molecule has 0 fully saturated rings. The van der Waals surface area contributed by atoms with E-state index in [0.717, 1.165) is 12.1 Å². The second-order valence-electron chi connectivity index (χ2n) is 4.01. The number of nitrogens with two attached hydrogens (primary N) is 1. The van der Waals surface area contributed by atoms with Crippen LogP contribution in [0.4, 0.5) is 13.2 Å². The zero-order valence-corrected chi connectivity index (χ0v) is 11.3. The van der Waals surface area contributed by atoms with Crippen LogP contribution in [0.3, 0.4) is 0 Å². The summed E-state index contributed by atoms with van der Waals surface area (Å²) in [5.74, 6) is 0.842. The number of benzene rings is 1. The predicted octanol–water partition coefficient (Wildman–Crippen LogP) is 3.13. The molecular weight excluding hydrogens is 303 g/mol. The maximum Gasteiger partial charge on any atom is 0.416 e. The minimum absolute atomic E-state index is 0.0146. The van der Waals surface area contributed by atoms with Crippen LogP contribution in [0.1, 0.15) is 11.3 Å². The van der Waals surface area contributed by atoms with Gasteiger partial charge in [-0.25, -0.2) is 0 Å². The highest BCUT2D eigenvalue weighted by molar-refractivity contribution is 7.80. The van der Waals surface area contributed by atoms with Crippen molar-refractivity contribution in [3.63, 3.8) is 0 Å². The van der Waals surface area contributed by atoms with Crippen molar-refractivity contribution in [1.82, 2.24) is 5.43 Å². The van der Waals surface area contributed by atoms with Crippen LogP contribution in [-0.4, -0.2) is 11.3 Å². The Bertz CT molecular complexity index is 662. The van der Waals surface area contributed by atoms with Gasteiger partial charge in [0.15, 0.2) is 5.11 Å². The van der Waals surface area contributed by atoms with Gasteiger partial charge in [-0.15, -0.1) is 0 Å². The van der Waals surface area contributed by atoms with E-state index < -0.39 is 11.7 Å². The van der Waals surface area contributed by atoms with Crippen molar-refractivity contribution in [2.24, 2.45) is 10.8 Å². The Morgan fingerprint density at radius 3 is 2.43 bits per heavy atom. The third-order valence-corrected chi connectivity index (χ3v) is 2.58. The average Bonchev–Trinajstić information content (AvgIpc) is 2.86. The molecule has 110 valence electrons. The molecule has 8 heteroatoms. The number of halogens is 3. The van der Waals surface area contributed by atoms with E-state index in [1.807, 2.05) is 0 Å². The highest BCUT2D eigenvalue weighted by Crippen LogP contribution is 2.31. The Balaban J connectivity index is 2.14. The Hall–Kier alpha value is -2.35. The van der Waals surface area contributed by atoms with E-state index in [2.05, 4.69) is 22.7 Å². The van der Waals surface area contributed by atoms with E-state index in [-0.39, 0.29) is 5.11 Å². The molecule has 3 N–H and O–H groups in total. The van der Waals surface area contributed by atoms with Crippen LogP contribution in [0.2, 0.25) is 0 Å². The monoisotopic (exact) mass is 313 g/mol. The van der Waals surface area contributed by atoms with Gasteiger partial charge in [-0.1, -0.05) is 12.1 Å². The minimum Gasteiger partial charge on any atom is -0.455 e. The van der Waals surface area contributed by atoms with E-state index in [1.54, 1.807) is 12.1 Å². The number of alkyl halides is 3. The van der Waals surface area contributed by atoms with Crippen molar-refractivity contribution in [3.8, 4) is 11.3 Å². The fourth-order valence-corrected chi connectivity index (χ4v) is 1.61. The molecule has 0 saturated heterocycles. The largest absolute Gasteiger partial charge is 0.455 e. The van der Waals surface area contributed by atoms with Crippen LogP contribution >= 0.6 is 12.2 Å². The predicted molar refractivity (Wildman–Crippen MR) is 76.7 cm³/mol. The molecule has 2 rings (SSSR count). The molecule has 0 unspecified atom stereocenters. The van der Waals surface area contributed by atoms with Gasteiger partial charge in [0.2, 0.25) is 0 Å². The third kappa shape index (κ3) is 4.06. The van der Waals surface area contributed by atoms with Gasteiger partial charge in [-0.05, 0) is 36.5 Å². The Kier molecular flexibility index (Phi) is 4.27. The lowest BCUT2D eigenvalue weighted by Crippen LogP contribution is -2.23. The Morgan fingerprint density at radius 1 is 1.19 bits per heavy atom. The fraction of sp³-hybridized carbons (Fsp3) is 0.0769. The molecule has 1 aromatic carbocycles. The highest BCUT2D eigenvalue weighted by atomic mass is 32.1. The van der Waals surface area contributed by atoms with Gasteiger partial charge < -0.3 is 10.2 Å². The molecule has 0 aliphatic heterocycles. The summed E-state index contributed by atoms with van der Waals surface area (Å²) in [4.78, 5) is 0. The van der Waals surface area contributed by atoms with Gasteiger partial charge >= 0.3 is 6.18 Å². The van der Waals surface area contributed by atoms with Gasteiger partial charge in [-0.2, -0.15) is 18.3 Å². The number of nitrogens with one attached hydrogen (secondary N) is 1. The summed E-state index contributed by atoms with van der Waals surface area (Å²) in [5.41, 5.74) is 7.37. The quantitative estimate of drug-likeness (QED) is 0.519. The second kappa shape index (κ2) is 5.96. The average molecular weight is 313 g/mol. The maximum atomic E-state index is 12.5. The van der Waals surface area contributed by atoms with Crippen LogP contribution in [0, 0.1) is 0 Å². The van der Waals surface area contributed by atoms with E-state index >= 15 is 0 Å². The van der Waals surface area contributed by atoms with Gasteiger partial charge in [0.1, 0.15) is 11.5 Å². The second-order valence-corrected chi connectivity index (χ2v) is 4.45. The number of hydrogen-bond acceptors (Lipinski definition) is 3. The van der Waals surface area contributed by atoms with Crippen LogP contribution in [0.5, 0.6) is 0 Å². The number of thiocarbonyl (C=S) groups is 1. The van der Waals surface area contributed by atoms with Crippen LogP contribution < -0.4 is 11.2 Å². The lowest BCUT2D eigenvalue weighted by atomic mass is 10.1. The molecule has 0 amide bonds. The first-order valence-corrected chi connectivity index (χ1v) is 6.13. The molecule has 0 atom stereocenters. The summed E-state index contributed by atoms with van der Waals surface area (Å²) in [6.45, 7) is 0. The van der Waals surface area contributed by atoms with E-state index in [0.29, 0.717) is 17.1 Å². The standard InChI is InChI=1S/C13H10F3N3OS/c14-13(15,16)9-3-1-8(2-4-9)11-6-5-10(20-11)7-18-19-12(17)21/h1-7H,(H3,17,19,21). The van der Waals surface area contributed by atoms with E-state index in [1.165, 1.54) is 18.3 Å². The van der Waals surface area contributed by atoms with Crippen molar-refractivity contribution in [3.05, 3.63) is 47.7 Å². The van der Waals surface area contributed by atoms with Crippen LogP contribution in [0.15, 0.2) is 45.9 Å². The fourth-order valence-electron chi connectivity index (χ4n) is 1.56. The molecule has 0 bridgehead atoms. The lowest BCUT2D eigenvalue weighted by Gasteiger charge is -2.06. The number of hydrogen-bond donors (Lipinski definition) is 2. The topological polar surface area (TPSA) is 63.5 Å². The molecule has 0 radical (unpaired) electrons. The number of nitrogens with zero attached hydrogens (tertiary/aromatic N) is 1.